The van der Waals surface area contributed by atoms with E-state index in [1.807, 2.05) is 13.8 Å². The van der Waals surface area contributed by atoms with Crippen LogP contribution in [0.4, 0.5) is 0 Å². The fourth-order valence-electron chi connectivity index (χ4n) is 0.822. The Morgan fingerprint density at radius 1 is 1.00 bits per heavy atom. The van der Waals surface area contributed by atoms with Crippen molar-refractivity contribution in [3.05, 3.63) is 0 Å². The molecular weight excluding hydrogens is 144 g/mol. The highest BCUT2D eigenvalue weighted by Gasteiger charge is 2.08. The van der Waals surface area contributed by atoms with Crippen molar-refractivity contribution in [2.75, 3.05) is 13.2 Å². The van der Waals surface area contributed by atoms with Crippen LogP contribution in [0.25, 0.3) is 0 Å². The molecule has 3 heteroatoms. The van der Waals surface area contributed by atoms with Crippen molar-refractivity contribution >= 4 is 9.28 Å². The van der Waals surface area contributed by atoms with Gasteiger partial charge in [0.1, 0.15) is 0 Å². The van der Waals surface area contributed by atoms with Crippen molar-refractivity contribution in [3.63, 3.8) is 0 Å². The van der Waals surface area contributed by atoms with Crippen LogP contribution in [-0.4, -0.2) is 22.5 Å². The van der Waals surface area contributed by atoms with Gasteiger partial charge in [-0.25, -0.2) is 0 Å². The van der Waals surface area contributed by atoms with Gasteiger partial charge in [0.15, 0.2) is 0 Å². The van der Waals surface area contributed by atoms with Crippen LogP contribution in [0.2, 0.25) is 6.04 Å². The molecule has 0 fully saturated rings. The fourth-order valence-corrected chi connectivity index (χ4v) is 2.47. The molecule has 62 valence electrons. The molecule has 0 aliphatic rings. The van der Waals surface area contributed by atoms with Crippen LogP contribution in [0.15, 0.2) is 0 Å². The van der Waals surface area contributed by atoms with E-state index in [0.717, 1.165) is 19.3 Å². The monoisotopic (exact) mass is 162 g/mol. The molecule has 0 unspecified atom stereocenters. The highest BCUT2D eigenvalue weighted by atomic mass is 28.3. The van der Waals surface area contributed by atoms with Gasteiger partial charge in [-0.15, -0.1) is 0 Å². The Morgan fingerprint density at radius 2 is 1.50 bits per heavy atom. The quantitative estimate of drug-likeness (QED) is 0.553. The molecule has 0 spiro atoms. The summed E-state index contributed by atoms with van der Waals surface area (Å²) in [5.41, 5.74) is 0. The minimum atomic E-state index is -1.23. The lowest BCUT2D eigenvalue weighted by Crippen LogP contribution is -2.22. The Bertz CT molecular complexity index is 54.4. The van der Waals surface area contributed by atoms with Gasteiger partial charge < -0.3 is 8.85 Å². The molecule has 0 rings (SSSR count). The first-order valence-electron chi connectivity index (χ1n) is 4.08. The third-order valence-corrected chi connectivity index (χ3v) is 3.69. The highest BCUT2D eigenvalue weighted by molar-refractivity contribution is 6.44. The minimum absolute atomic E-state index is 0.802. The average molecular weight is 162 g/mol. The second-order valence-corrected chi connectivity index (χ2v) is 4.23. The van der Waals surface area contributed by atoms with E-state index in [1.54, 1.807) is 0 Å². The summed E-state index contributed by atoms with van der Waals surface area (Å²) in [5, 5.41) is 0. The zero-order valence-corrected chi connectivity index (χ0v) is 8.38. The van der Waals surface area contributed by atoms with Crippen molar-refractivity contribution in [2.45, 2.75) is 33.2 Å². The van der Waals surface area contributed by atoms with E-state index in [1.165, 1.54) is 6.42 Å². The number of hydrogen-bond donors (Lipinski definition) is 0. The molecule has 2 nitrogen and oxygen atoms in total. The summed E-state index contributed by atoms with van der Waals surface area (Å²) < 4.78 is 10.9. The molecule has 0 aliphatic heterocycles. The summed E-state index contributed by atoms with van der Waals surface area (Å²) in [6.45, 7) is 7.81. The van der Waals surface area contributed by atoms with Gasteiger partial charge in [0.2, 0.25) is 0 Å². The third kappa shape index (κ3) is 4.96. The third-order valence-electron chi connectivity index (χ3n) is 1.23. The Kier molecular flexibility index (Phi) is 7.35. The summed E-state index contributed by atoms with van der Waals surface area (Å²) in [6.07, 6.45) is 1.18. The molecule has 0 heterocycles. The van der Waals surface area contributed by atoms with Crippen LogP contribution in [0, 0.1) is 0 Å². The molecule has 0 saturated heterocycles. The molecule has 0 amide bonds. The normalized spacial score (nSPS) is 10.8. The Morgan fingerprint density at radius 3 is 1.80 bits per heavy atom. The summed E-state index contributed by atoms with van der Waals surface area (Å²) in [7, 11) is -1.23. The van der Waals surface area contributed by atoms with Gasteiger partial charge in [-0.05, 0) is 19.9 Å². The van der Waals surface area contributed by atoms with E-state index in [4.69, 9.17) is 8.85 Å². The van der Waals surface area contributed by atoms with Gasteiger partial charge in [-0.3, -0.25) is 0 Å². The summed E-state index contributed by atoms with van der Waals surface area (Å²) >= 11 is 0. The predicted molar refractivity (Wildman–Crippen MR) is 45.5 cm³/mol. The molecular formula is C7H18O2Si. The van der Waals surface area contributed by atoms with Gasteiger partial charge >= 0.3 is 9.28 Å². The summed E-state index contributed by atoms with van der Waals surface area (Å²) in [5.74, 6) is 0. The number of rotatable bonds is 6. The summed E-state index contributed by atoms with van der Waals surface area (Å²) in [6, 6.07) is 1.14. The van der Waals surface area contributed by atoms with Gasteiger partial charge in [-0.1, -0.05) is 13.3 Å². The van der Waals surface area contributed by atoms with E-state index in [-0.39, 0.29) is 0 Å². The SMILES string of the molecule is CCC[SiH](OCC)OCC. The minimum Gasteiger partial charge on any atom is -0.397 e. The van der Waals surface area contributed by atoms with Crippen LogP contribution in [0.5, 0.6) is 0 Å². The molecule has 0 aromatic rings. The average Bonchev–Trinajstić information content (AvgIpc) is 1.90. The van der Waals surface area contributed by atoms with E-state index >= 15 is 0 Å². The Labute approximate surface area is 65.4 Å². The smallest absolute Gasteiger partial charge is 0.321 e. The fraction of sp³-hybridized carbons (Fsp3) is 1.00. The molecule has 0 radical (unpaired) electrons. The lowest BCUT2D eigenvalue weighted by molar-refractivity contribution is 0.213. The lowest BCUT2D eigenvalue weighted by atomic mass is 10.6. The topological polar surface area (TPSA) is 18.5 Å². The molecule has 0 atom stereocenters. The van der Waals surface area contributed by atoms with Gasteiger partial charge in [0.05, 0.1) is 0 Å². The highest BCUT2D eigenvalue weighted by Crippen LogP contribution is 1.99. The van der Waals surface area contributed by atoms with E-state index in [2.05, 4.69) is 6.92 Å². The molecule has 0 N–H and O–H groups in total. The lowest BCUT2D eigenvalue weighted by Gasteiger charge is -2.12. The van der Waals surface area contributed by atoms with Crippen LogP contribution in [0.1, 0.15) is 27.2 Å². The maximum absolute atomic E-state index is 5.44. The Balaban J connectivity index is 3.30. The molecule has 0 aromatic carbocycles. The maximum atomic E-state index is 5.44. The zero-order chi connectivity index (χ0) is 7.82. The zero-order valence-electron chi connectivity index (χ0n) is 7.22. The second-order valence-electron chi connectivity index (χ2n) is 2.13. The number of hydrogen-bond acceptors (Lipinski definition) is 2. The van der Waals surface area contributed by atoms with Gasteiger partial charge in [-0.2, -0.15) is 0 Å². The van der Waals surface area contributed by atoms with Crippen LogP contribution in [-0.2, 0) is 8.85 Å². The molecule has 0 saturated carbocycles. The summed E-state index contributed by atoms with van der Waals surface area (Å²) in [4.78, 5) is 0. The maximum Gasteiger partial charge on any atom is 0.321 e. The van der Waals surface area contributed by atoms with Crippen LogP contribution >= 0.6 is 0 Å². The van der Waals surface area contributed by atoms with Crippen molar-refractivity contribution in [3.8, 4) is 0 Å². The van der Waals surface area contributed by atoms with Crippen LogP contribution < -0.4 is 0 Å². The first-order valence-corrected chi connectivity index (χ1v) is 5.84. The van der Waals surface area contributed by atoms with E-state index in [0.29, 0.717) is 0 Å². The van der Waals surface area contributed by atoms with E-state index in [9.17, 15) is 0 Å². The van der Waals surface area contributed by atoms with E-state index < -0.39 is 9.28 Å². The Hall–Kier alpha value is 0.137. The van der Waals surface area contributed by atoms with Crippen molar-refractivity contribution < 1.29 is 8.85 Å². The van der Waals surface area contributed by atoms with Crippen molar-refractivity contribution in [1.29, 1.82) is 0 Å². The molecule has 0 aliphatic carbocycles. The first kappa shape index (κ1) is 10.1. The molecule has 0 bridgehead atoms. The molecule has 0 aromatic heterocycles. The standard InChI is InChI=1S/C7H18O2Si/c1-4-7-10(8-5-2)9-6-3/h10H,4-7H2,1-3H3. The van der Waals surface area contributed by atoms with Gasteiger partial charge in [0, 0.05) is 13.2 Å². The van der Waals surface area contributed by atoms with Crippen molar-refractivity contribution in [1.82, 2.24) is 0 Å². The first-order chi connectivity index (χ1) is 4.85. The second kappa shape index (κ2) is 7.25. The van der Waals surface area contributed by atoms with Crippen molar-refractivity contribution in [2.24, 2.45) is 0 Å². The van der Waals surface area contributed by atoms with Gasteiger partial charge in [0.25, 0.3) is 0 Å². The molecule has 10 heavy (non-hydrogen) atoms. The van der Waals surface area contributed by atoms with Crippen LogP contribution in [0.3, 0.4) is 0 Å². The predicted octanol–water partition coefficient (Wildman–Crippen LogP) is 1.69. The largest absolute Gasteiger partial charge is 0.397 e.